The highest BCUT2D eigenvalue weighted by Gasteiger charge is 2.02. The highest BCUT2D eigenvalue weighted by molar-refractivity contribution is 5.27. The molecule has 0 saturated heterocycles. The molecule has 1 aromatic carbocycles. The molecule has 0 fully saturated rings. The molecule has 0 saturated carbocycles. The van der Waals surface area contributed by atoms with Gasteiger partial charge in [-0.25, -0.2) is 0 Å². The summed E-state index contributed by atoms with van der Waals surface area (Å²) in [6.07, 6.45) is 1.57. The number of anilines is 2. The van der Waals surface area contributed by atoms with Gasteiger partial charge in [-0.15, -0.1) is 0 Å². The Balaban J connectivity index is 2.07. The standard InChI is InChI=1S/C12H15N5/c1-8-3-2-4-9(7-8)5-6-10-15-11(13)17-12(14)16-10/h2-4,7H,5-6H2,1H3,(H4,13,14,15,16,17). The van der Waals surface area contributed by atoms with Crippen molar-refractivity contribution >= 4 is 11.9 Å². The summed E-state index contributed by atoms with van der Waals surface area (Å²) >= 11 is 0. The van der Waals surface area contributed by atoms with E-state index in [1.807, 2.05) is 6.07 Å². The van der Waals surface area contributed by atoms with Crippen LogP contribution in [-0.2, 0) is 12.8 Å². The summed E-state index contributed by atoms with van der Waals surface area (Å²) in [4.78, 5) is 11.8. The van der Waals surface area contributed by atoms with Crippen LogP contribution in [0.3, 0.4) is 0 Å². The summed E-state index contributed by atoms with van der Waals surface area (Å²) in [7, 11) is 0. The molecule has 5 heteroatoms. The maximum Gasteiger partial charge on any atom is 0.225 e. The van der Waals surface area contributed by atoms with Crippen LogP contribution in [0.5, 0.6) is 0 Å². The Bertz CT molecular complexity index is 504. The van der Waals surface area contributed by atoms with E-state index in [1.54, 1.807) is 0 Å². The molecule has 2 aromatic rings. The number of hydrogen-bond acceptors (Lipinski definition) is 5. The Morgan fingerprint density at radius 1 is 1.00 bits per heavy atom. The predicted octanol–water partition coefficient (Wildman–Crippen LogP) is 1.13. The van der Waals surface area contributed by atoms with Crippen molar-refractivity contribution in [1.29, 1.82) is 0 Å². The molecule has 0 amide bonds. The van der Waals surface area contributed by atoms with Crippen molar-refractivity contribution in [2.75, 3.05) is 11.5 Å². The quantitative estimate of drug-likeness (QED) is 0.823. The minimum Gasteiger partial charge on any atom is -0.368 e. The number of benzene rings is 1. The van der Waals surface area contributed by atoms with Crippen molar-refractivity contribution < 1.29 is 0 Å². The van der Waals surface area contributed by atoms with Gasteiger partial charge in [0.25, 0.3) is 0 Å². The second-order valence-corrected chi connectivity index (χ2v) is 3.96. The molecular weight excluding hydrogens is 214 g/mol. The van der Waals surface area contributed by atoms with E-state index in [0.29, 0.717) is 12.2 Å². The van der Waals surface area contributed by atoms with Gasteiger partial charge in [-0.1, -0.05) is 29.8 Å². The lowest BCUT2D eigenvalue weighted by atomic mass is 10.1. The lowest BCUT2D eigenvalue weighted by molar-refractivity contribution is 0.847. The minimum atomic E-state index is 0.178. The number of hydrogen-bond donors (Lipinski definition) is 2. The first-order valence-electron chi connectivity index (χ1n) is 5.45. The van der Waals surface area contributed by atoms with Gasteiger partial charge < -0.3 is 11.5 Å². The summed E-state index contributed by atoms with van der Waals surface area (Å²) in [5.74, 6) is 0.991. The molecule has 0 unspecified atom stereocenters. The zero-order chi connectivity index (χ0) is 12.3. The Kier molecular flexibility index (Phi) is 3.18. The molecule has 0 aliphatic carbocycles. The van der Waals surface area contributed by atoms with Crippen LogP contribution in [0.15, 0.2) is 24.3 Å². The normalized spacial score (nSPS) is 10.4. The van der Waals surface area contributed by atoms with E-state index >= 15 is 0 Å². The first-order valence-corrected chi connectivity index (χ1v) is 5.45. The zero-order valence-electron chi connectivity index (χ0n) is 9.72. The largest absolute Gasteiger partial charge is 0.368 e. The lowest BCUT2D eigenvalue weighted by Crippen LogP contribution is -2.07. The topological polar surface area (TPSA) is 90.7 Å². The zero-order valence-corrected chi connectivity index (χ0v) is 9.72. The minimum absolute atomic E-state index is 0.178. The number of aromatic nitrogens is 3. The number of nitrogen functional groups attached to an aromatic ring is 2. The van der Waals surface area contributed by atoms with Crippen molar-refractivity contribution in [3.63, 3.8) is 0 Å². The maximum atomic E-state index is 5.51. The first-order chi connectivity index (χ1) is 8.13. The second kappa shape index (κ2) is 4.78. The van der Waals surface area contributed by atoms with E-state index in [-0.39, 0.29) is 11.9 Å². The lowest BCUT2D eigenvalue weighted by Gasteiger charge is -2.03. The third-order valence-corrected chi connectivity index (χ3v) is 2.44. The van der Waals surface area contributed by atoms with Gasteiger partial charge in [0.05, 0.1) is 0 Å². The SMILES string of the molecule is Cc1cccc(CCc2nc(N)nc(N)n2)c1. The number of nitrogens with two attached hydrogens (primary N) is 2. The molecule has 0 aliphatic heterocycles. The maximum absolute atomic E-state index is 5.51. The van der Waals surface area contributed by atoms with E-state index in [4.69, 9.17) is 11.5 Å². The fourth-order valence-electron chi connectivity index (χ4n) is 1.69. The van der Waals surface area contributed by atoms with Crippen LogP contribution in [0.1, 0.15) is 17.0 Å². The Hall–Kier alpha value is -2.17. The van der Waals surface area contributed by atoms with Crippen molar-refractivity contribution in [3.05, 3.63) is 41.2 Å². The van der Waals surface area contributed by atoms with Crippen LogP contribution < -0.4 is 11.5 Å². The van der Waals surface area contributed by atoms with Crippen LogP contribution in [-0.4, -0.2) is 15.0 Å². The van der Waals surface area contributed by atoms with Crippen LogP contribution >= 0.6 is 0 Å². The van der Waals surface area contributed by atoms with Crippen molar-refractivity contribution in [1.82, 2.24) is 15.0 Å². The summed E-state index contributed by atoms with van der Waals surface area (Å²) in [5, 5.41) is 0. The fraction of sp³-hybridized carbons (Fsp3) is 0.250. The fourth-order valence-corrected chi connectivity index (χ4v) is 1.69. The van der Waals surface area contributed by atoms with Gasteiger partial charge in [0.2, 0.25) is 11.9 Å². The summed E-state index contributed by atoms with van der Waals surface area (Å²) < 4.78 is 0. The van der Waals surface area contributed by atoms with E-state index in [2.05, 4.69) is 40.1 Å². The molecule has 88 valence electrons. The molecule has 5 nitrogen and oxygen atoms in total. The molecule has 1 heterocycles. The molecule has 0 atom stereocenters. The van der Waals surface area contributed by atoms with E-state index < -0.39 is 0 Å². The van der Waals surface area contributed by atoms with Gasteiger partial charge in [-0.05, 0) is 18.9 Å². The molecule has 0 aliphatic rings. The number of nitrogens with zero attached hydrogens (tertiary/aromatic N) is 3. The highest BCUT2D eigenvalue weighted by Crippen LogP contribution is 2.08. The number of aryl methyl sites for hydroxylation is 3. The molecule has 4 N–H and O–H groups in total. The highest BCUT2D eigenvalue weighted by atomic mass is 15.1. The Morgan fingerprint density at radius 2 is 1.71 bits per heavy atom. The van der Waals surface area contributed by atoms with Gasteiger partial charge in [-0.3, -0.25) is 0 Å². The third-order valence-electron chi connectivity index (χ3n) is 2.44. The first kappa shape index (κ1) is 11.3. The second-order valence-electron chi connectivity index (χ2n) is 3.96. The Morgan fingerprint density at radius 3 is 2.35 bits per heavy atom. The summed E-state index contributed by atoms with van der Waals surface area (Å²) in [6.45, 7) is 2.07. The molecule has 17 heavy (non-hydrogen) atoms. The molecular formula is C12H15N5. The third kappa shape index (κ3) is 3.14. The van der Waals surface area contributed by atoms with Crippen LogP contribution in [0.25, 0.3) is 0 Å². The van der Waals surface area contributed by atoms with Gasteiger partial charge in [0.15, 0.2) is 0 Å². The summed E-state index contributed by atoms with van der Waals surface area (Å²) in [6, 6.07) is 8.35. The molecule has 1 aromatic heterocycles. The van der Waals surface area contributed by atoms with Crippen LogP contribution in [0, 0.1) is 6.92 Å². The predicted molar refractivity (Wildman–Crippen MR) is 67.2 cm³/mol. The molecule has 2 rings (SSSR count). The number of rotatable bonds is 3. The van der Waals surface area contributed by atoms with Crippen molar-refractivity contribution in [2.24, 2.45) is 0 Å². The van der Waals surface area contributed by atoms with E-state index in [1.165, 1.54) is 11.1 Å². The average Bonchev–Trinajstić information content (AvgIpc) is 2.25. The average molecular weight is 229 g/mol. The van der Waals surface area contributed by atoms with Crippen molar-refractivity contribution in [2.45, 2.75) is 19.8 Å². The monoisotopic (exact) mass is 229 g/mol. The Labute approximate surface area is 99.9 Å². The smallest absolute Gasteiger partial charge is 0.225 e. The molecule has 0 radical (unpaired) electrons. The van der Waals surface area contributed by atoms with E-state index in [9.17, 15) is 0 Å². The molecule has 0 spiro atoms. The van der Waals surface area contributed by atoms with Gasteiger partial charge >= 0.3 is 0 Å². The van der Waals surface area contributed by atoms with Gasteiger partial charge in [0, 0.05) is 6.42 Å². The van der Waals surface area contributed by atoms with Gasteiger partial charge in [0.1, 0.15) is 5.82 Å². The summed E-state index contributed by atoms with van der Waals surface area (Å²) in [5.41, 5.74) is 13.5. The van der Waals surface area contributed by atoms with Gasteiger partial charge in [-0.2, -0.15) is 15.0 Å². The van der Waals surface area contributed by atoms with E-state index in [0.717, 1.165) is 6.42 Å². The molecule has 0 bridgehead atoms. The van der Waals surface area contributed by atoms with Crippen LogP contribution in [0.2, 0.25) is 0 Å². The van der Waals surface area contributed by atoms with Crippen molar-refractivity contribution in [3.8, 4) is 0 Å². The van der Waals surface area contributed by atoms with Crippen LogP contribution in [0.4, 0.5) is 11.9 Å².